The SMILES string of the molecule is O=P(O)(O)C(F)(F)c1ccc2c(c1)C(F)(F)c1cc(Br)ccc1-2. The van der Waals surface area contributed by atoms with Crippen LogP contribution in [0.2, 0.25) is 0 Å². The molecule has 23 heavy (non-hydrogen) atoms. The first-order valence-corrected chi connectivity index (χ1v) is 8.63. The summed E-state index contributed by atoms with van der Waals surface area (Å²) in [5.41, 5.74) is -6.47. The molecule has 0 saturated heterocycles. The quantitative estimate of drug-likeness (QED) is 0.552. The highest BCUT2D eigenvalue weighted by molar-refractivity contribution is 9.10. The van der Waals surface area contributed by atoms with Gasteiger partial charge in [0.1, 0.15) is 0 Å². The number of halogens is 5. The van der Waals surface area contributed by atoms with Gasteiger partial charge in [0.25, 0.3) is 5.92 Å². The molecule has 0 atom stereocenters. The first-order valence-electron chi connectivity index (χ1n) is 6.23. The van der Waals surface area contributed by atoms with E-state index in [1.807, 2.05) is 0 Å². The van der Waals surface area contributed by atoms with Crippen LogP contribution in [-0.4, -0.2) is 9.79 Å². The maximum atomic E-state index is 14.5. The van der Waals surface area contributed by atoms with Crippen molar-refractivity contribution in [1.82, 2.24) is 0 Å². The summed E-state index contributed by atoms with van der Waals surface area (Å²) in [5.74, 6) is -3.53. The van der Waals surface area contributed by atoms with E-state index < -0.39 is 30.3 Å². The van der Waals surface area contributed by atoms with Gasteiger partial charge in [-0.15, -0.1) is 0 Å². The molecule has 0 saturated carbocycles. The zero-order valence-electron chi connectivity index (χ0n) is 11.1. The van der Waals surface area contributed by atoms with Gasteiger partial charge in [-0.25, -0.2) is 0 Å². The fourth-order valence-electron chi connectivity index (χ4n) is 2.55. The third-order valence-corrected chi connectivity index (χ3v) is 5.16. The Kier molecular flexibility index (Phi) is 3.54. The van der Waals surface area contributed by atoms with Gasteiger partial charge in [0, 0.05) is 21.2 Å². The maximum Gasteiger partial charge on any atom is 0.399 e. The lowest BCUT2D eigenvalue weighted by Gasteiger charge is -2.20. The number of hydrogen-bond acceptors (Lipinski definition) is 1. The maximum absolute atomic E-state index is 14.5. The Labute approximate surface area is 136 Å². The van der Waals surface area contributed by atoms with Gasteiger partial charge < -0.3 is 9.79 Å². The van der Waals surface area contributed by atoms with Crippen molar-refractivity contribution < 1.29 is 31.9 Å². The van der Waals surface area contributed by atoms with Crippen LogP contribution in [0.1, 0.15) is 16.7 Å². The van der Waals surface area contributed by atoms with Crippen molar-refractivity contribution in [2.75, 3.05) is 0 Å². The molecule has 3 nitrogen and oxygen atoms in total. The second-order valence-corrected chi connectivity index (χ2v) is 7.68. The Hall–Kier alpha value is -1.21. The summed E-state index contributed by atoms with van der Waals surface area (Å²) in [6, 6.07) is 6.41. The number of rotatable bonds is 2. The van der Waals surface area contributed by atoms with Gasteiger partial charge in [0.2, 0.25) is 0 Å². The highest BCUT2D eigenvalue weighted by Crippen LogP contribution is 2.61. The van der Waals surface area contributed by atoms with Crippen molar-refractivity contribution in [3.8, 4) is 11.1 Å². The first kappa shape index (κ1) is 16.6. The van der Waals surface area contributed by atoms with Gasteiger partial charge in [0.05, 0.1) is 0 Å². The molecular weight excluding hydrogens is 403 g/mol. The van der Waals surface area contributed by atoms with Crippen LogP contribution in [0.4, 0.5) is 17.6 Å². The third-order valence-electron chi connectivity index (χ3n) is 3.68. The summed E-state index contributed by atoms with van der Waals surface area (Å²) in [6.07, 6.45) is 0. The van der Waals surface area contributed by atoms with Crippen LogP contribution in [0.25, 0.3) is 11.1 Å². The topological polar surface area (TPSA) is 57.5 Å². The van der Waals surface area contributed by atoms with E-state index in [1.54, 1.807) is 6.07 Å². The molecule has 2 N–H and O–H groups in total. The standard InChI is InChI=1S/C14H8BrF4O3P/c15-8-2-4-10-9-3-1-7(14(18,19)23(20,21)22)5-11(9)13(16,17)12(10)6-8/h1-6H,(H2,20,21,22). The van der Waals surface area contributed by atoms with Crippen molar-refractivity contribution in [2.45, 2.75) is 11.6 Å². The van der Waals surface area contributed by atoms with Crippen LogP contribution in [-0.2, 0) is 16.2 Å². The Bertz CT molecular complexity index is 863. The normalized spacial score (nSPS) is 16.1. The van der Waals surface area contributed by atoms with E-state index in [0.717, 1.165) is 12.1 Å². The number of fused-ring (bicyclic) bond motifs is 3. The first-order chi connectivity index (χ1) is 10.5. The van der Waals surface area contributed by atoms with Gasteiger partial charge in [-0.1, -0.05) is 34.1 Å². The highest BCUT2D eigenvalue weighted by Gasteiger charge is 2.52. The highest BCUT2D eigenvalue weighted by atomic mass is 79.9. The van der Waals surface area contributed by atoms with E-state index in [-0.39, 0.29) is 16.7 Å². The molecule has 0 spiro atoms. The number of benzene rings is 2. The lowest BCUT2D eigenvalue weighted by atomic mass is 10.0. The van der Waals surface area contributed by atoms with E-state index in [9.17, 15) is 22.1 Å². The van der Waals surface area contributed by atoms with Crippen LogP contribution in [0.3, 0.4) is 0 Å². The molecule has 2 aromatic carbocycles. The monoisotopic (exact) mass is 410 g/mol. The minimum atomic E-state index is -5.82. The molecule has 1 aliphatic carbocycles. The zero-order chi connectivity index (χ0) is 17.2. The van der Waals surface area contributed by atoms with E-state index in [4.69, 9.17) is 9.79 Å². The van der Waals surface area contributed by atoms with E-state index >= 15 is 0 Å². The second kappa shape index (κ2) is 4.89. The molecule has 1 aliphatic rings. The summed E-state index contributed by atoms with van der Waals surface area (Å²) >= 11 is 3.08. The van der Waals surface area contributed by atoms with Crippen LogP contribution < -0.4 is 0 Å². The number of alkyl halides is 4. The molecule has 0 unspecified atom stereocenters. The van der Waals surface area contributed by atoms with Crippen molar-refractivity contribution in [1.29, 1.82) is 0 Å². The Balaban J connectivity index is 2.23. The summed E-state index contributed by atoms with van der Waals surface area (Å²) < 4.78 is 67.9. The summed E-state index contributed by atoms with van der Waals surface area (Å²) in [6.45, 7) is 0. The molecule has 0 heterocycles. The van der Waals surface area contributed by atoms with Crippen molar-refractivity contribution >= 4 is 23.5 Å². The Morgan fingerprint density at radius 3 is 2.09 bits per heavy atom. The predicted molar refractivity (Wildman–Crippen MR) is 78.5 cm³/mol. The van der Waals surface area contributed by atoms with Gasteiger partial charge in [0.15, 0.2) is 0 Å². The Morgan fingerprint density at radius 2 is 1.52 bits per heavy atom. The molecule has 0 radical (unpaired) electrons. The lowest BCUT2D eigenvalue weighted by molar-refractivity contribution is 0.0441. The van der Waals surface area contributed by atoms with E-state index in [2.05, 4.69) is 15.9 Å². The van der Waals surface area contributed by atoms with Crippen LogP contribution in [0.5, 0.6) is 0 Å². The molecule has 0 aromatic heterocycles. The zero-order valence-corrected chi connectivity index (χ0v) is 13.6. The predicted octanol–water partition coefficient (Wildman–Crippen LogP) is 4.80. The van der Waals surface area contributed by atoms with Crippen LogP contribution in [0.15, 0.2) is 40.9 Å². The van der Waals surface area contributed by atoms with Gasteiger partial charge in [-0.2, -0.15) is 17.6 Å². The smallest absolute Gasteiger partial charge is 0.320 e. The molecule has 0 fully saturated rings. The van der Waals surface area contributed by atoms with E-state index in [0.29, 0.717) is 10.5 Å². The fourth-order valence-corrected chi connectivity index (χ4v) is 3.39. The van der Waals surface area contributed by atoms with Gasteiger partial charge in [-0.05, 0) is 29.3 Å². The molecule has 3 rings (SSSR count). The molecule has 2 aromatic rings. The average molecular weight is 411 g/mol. The summed E-state index contributed by atoms with van der Waals surface area (Å²) in [7, 11) is -5.82. The molecule has 0 aliphatic heterocycles. The Morgan fingerprint density at radius 1 is 1.00 bits per heavy atom. The lowest BCUT2D eigenvalue weighted by Crippen LogP contribution is -2.16. The molecular formula is C14H8BrF4O3P. The molecule has 122 valence electrons. The van der Waals surface area contributed by atoms with Crippen LogP contribution in [0, 0.1) is 0 Å². The summed E-state index contributed by atoms with van der Waals surface area (Å²) in [5, 5.41) is 0. The summed E-state index contributed by atoms with van der Waals surface area (Å²) in [4.78, 5) is 17.5. The minimum Gasteiger partial charge on any atom is -0.320 e. The third kappa shape index (κ3) is 2.36. The fraction of sp³-hybridized carbons (Fsp3) is 0.143. The van der Waals surface area contributed by atoms with E-state index in [1.165, 1.54) is 12.1 Å². The molecule has 0 bridgehead atoms. The van der Waals surface area contributed by atoms with Crippen molar-refractivity contribution in [2.24, 2.45) is 0 Å². The minimum absolute atomic E-state index is 0.0581. The average Bonchev–Trinajstić information content (AvgIpc) is 2.66. The molecule has 0 amide bonds. The van der Waals surface area contributed by atoms with Gasteiger partial charge >= 0.3 is 13.3 Å². The second-order valence-electron chi connectivity index (χ2n) is 5.11. The largest absolute Gasteiger partial charge is 0.399 e. The van der Waals surface area contributed by atoms with Crippen LogP contribution >= 0.6 is 23.5 Å². The molecule has 9 heteroatoms. The van der Waals surface area contributed by atoms with Crippen molar-refractivity contribution in [3.63, 3.8) is 0 Å². The number of hydrogen-bond donors (Lipinski definition) is 2. The van der Waals surface area contributed by atoms with Gasteiger partial charge in [-0.3, -0.25) is 4.57 Å². The van der Waals surface area contributed by atoms with Crippen molar-refractivity contribution in [3.05, 3.63) is 57.6 Å².